The first-order valence-corrected chi connectivity index (χ1v) is 14.7. The van der Waals surface area contributed by atoms with Gasteiger partial charge in [-0.05, 0) is 41.3 Å². The summed E-state index contributed by atoms with van der Waals surface area (Å²) in [5, 5.41) is 11.2. The molecule has 2 fully saturated rings. The van der Waals surface area contributed by atoms with Crippen molar-refractivity contribution in [1.82, 2.24) is 9.80 Å². The number of Topliss-reactive ketones (excluding diaryl/α,β-unsaturated/α-hetero) is 1. The van der Waals surface area contributed by atoms with Crippen LogP contribution in [0.2, 0.25) is 0 Å². The molecule has 2 bridgehead atoms. The lowest BCUT2D eigenvalue weighted by molar-refractivity contribution is -0.143. The fourth-order valence-corrected chi connectivity index (χ4v) is 8.24. The normalized spacial score (nSPS) is 27.0. The Bertz CT molecular complexity index is 1530. The number of amides is 2. The van der Waals surface area contributed by atoms with E-state index in [0.717, 1.165) is 59.9 Å². The van der Waals surface area contributed by atoms with Crippen molar-refractivity contribution in [1.29, 1.82) is 0 Å². The highest BCUT2D eigenvalue weighted by Gasteiger charge is 2.69. The number of aliphatic hydroxyl groups is 1. The predicted octanol–water partition coefficient (Wildman–Crippen LogP) is 2.81. The van der Waals surface area contributed by atoms with Gasteiger partial charge in [-0.2, -0.15) is 0 Å². The molecule has 0 saturated carbocycles. The Morgan fingerprint density at radius 1 is 0.881 bits per heavy atom. The van der Waals surface area contributed by atoms with E-state index >= 15 is 0 Å². The molecule has 216 valence electrons. The number of anilines is 1. The minimum absolute atomic E-state index is 0.0786. The number of para-hydroxylation sites is 2. The number of aliphatic hydroxyl groups excluding tert-OH is 1. The summed E-state index contributed by atoms with van der Waals surface area (Å²) < 4.78 is 5.52. The molecule has 8 rings (SSSR count). The molecule has 2 amide bonds. The molecular formula is C34H35N3O5. The highest BCUT2D eigenvalue weighted by atomic mass is 16.5. The minimum atomic E-state index is -1.21. The summed E-state index contributed by atoms with van der Waals surface area (Å²) in [4.78, 5) is 47.6. The summed E-state index contributed by atoms with van der Waals surface area (Å²) in [5.74, 6) is -1.71. The molecule has 0 aromatic heterocycles. The lowest BCUT2D eigenvalue weighted by Gasteiger charge is -2.52. The largest absolute Gasteiger partial charge is 0.495 e. The number of nitrogens with zero attached hydrogens (tertiary/aromatic N) is 3. The van der Waals surface area contributed by atoms with Gasteiger partial charge in [-0.25, -0.2) is 0 Å². The van der Waals surface area contributed by atoms with E-state index in [4.69, 9.17) is 4.74 Å². The van der Waals surface area contributed by atoms with Crippen LogP contribution in [0.25, 0.3) is 0 Å². The average Bonchev–Trinajstić information content (AvgIpc) is 3.26. The van der Waals surface area contributed by atoms with E-state index in [-0.39, 0.29) is 30.1 Å². The van der Waals surface area contributed by atoms with Crippen LogP contribution in [-0.4, -0.2) is 85.0 Å². The number of carbonyl (C=O) groups excluding carboxylic acids is 3. The maximum atomic E-state index is 14.2. The number of hydrogen-bond donors (Lipinski definition) is 1. The third-order valence-corrected chi connectivity index (χ3v) is 9.93. The Kier molecular flexibility index (Phi) is 6.44. The van der Waals surface area contributed by atoms with Crippen molar-refractivity contribution in [3.63, 3.8) is 0 Å². The third kappa shape index (κ3) is 3.71. The molecule has 0 radical (unpaired) electrons. The highest BCUT2D eigenvalue weighted by molar-refractivity contribution is 6.13. The summed E-state index contributed by atoms with van der Waals surface area (Å²) in [6, 6.07) is 23.5. The quantitative estimate of drug-likeness (QED) is 0.441. The van der Waals surface area contributed by atoms with Gasteiger partial charge in [0.15, 0.2) is 0 Å². The molecule has 0 spiro atoms. The second-order valence-electron chi connectivity index (χ2n) is 11.9. The van der Waals surface area contributed by atoms with Crippen LogP contribution < -0.4 is 9.64 Å². The topological polar surface area (TPSA) is 90.4 Å². The molecule has 8 nitrogen and oxygen atoms in total. The highest BCUT2D eigenvalue weighted by Crippen LogP contribution is 2.64. The molecule has 1 N–H and O–H groups in total. The second-order valence-corrected chi connectivity index (χ2v) is 11.9. The van der Waals surface area contributed by atoms with Gasteiger partial charge in [-0.3, -0.25) is 24.2 Å². The van der Waals surface area contributed by atoms with Gasteiger partial charge >= 0.3 is 0 Å². The van der Waals surface area contributed by atoms with E-state index in [1.54, 1.807) is 7.11 Å². The molecule has 3 atom stereocenters. The van der Waals surface area contributed by atoms with Gasteiger partial charge in [0, 0.05) is 38.6 Å². The van der Waals surface area contributed by atoms with Gasteiger partial charge in [0.25, 0.3) is 0 Å². The number of methoxy groups -OCH3 is 1. The average molecular weight is 566 g/mol. The molecule has 0 unspecified atom stereocenters. The van der Waals surface area contributed by atoms with Gasteiger partial charge < -0.3 is 14.7 Å². The first-order chi connectivity index (χ1) is 20.4. The Balaban J connectivity index is 1.12. The minimum Gasteiger partial charge on any atom is -0.495 e. The van der Waals surface area contributed by atoms with Gasteiger partial charge in [0.2, 0.25) is 11.8 Å². The van der Waals surface area contributed by atoms with E-state index in [0.29, 0.717) is 6.54 Å². The zero-order chi connectivity index (χ0) is 29.2. The fourth-order valence-electron chi connectivity index (χ4n) is 8.24. The van der Waals surface area contributed by atoms with Crippen LogP contribution in [0, 0.1) is 11.8 Å². The monoisotopic (exact) mass is 565 g/mol. The molecule has 2 heterocycles. The molecule has 2 saturated heterocycles. The van der Waals surface area contributed by atoms with Crippen LogP contribution in [0.15, 0.2) is 72.8 Å². The van der Waals surface area contributed by atoms with Crippen LogP contribution in [0.5, 0.6) is 5.75 Å². The standard InChI is InChI=1S/C34H35N3O5/c1-21(38)34-25-11-5-3-9-23(25)29(24-10-4-6-12-26(24)34)30-31(34)33(41)37(32(30)40)20-22(39)19-35-15-17-36(18-16-35)27-13-7-8-14-28(27)42-2/h3-14,22,29-31,39H,15-20H2,1-2H3/t22-,29?,30-,31+,34?/m0/s1. The Morgan fingerprint density at radius 2 is 1.48 bits per heavy atom. The summed E-state index contributed by atoms with van der Waals surface area (Å²) in [5.41, 5.74) is 3.39. The number of rotatable bonds is 7. The zero-order valence-electron chi connectivity index (χ0n) is 23.9. The summed E-state index contributed by atoms with van der Waals surface area (Å²) in [6.07, 6.45) is -0.897. The van der Waals surface area contributed by atoms with Crippen molar-refractivity contribution in [2.75, 3.05) is 51.3 Å². The number of likely N-dealkylation sites (tertiary alicyclic amines) is 1. The first-order valence-electron chi connectivity index (χ1n) is 14.7. The Morgan fingerprint density at radius 3 is 2.10 bits per heavy atom. The van der Waals surface area contributed by atoms with Gasteiger partial charge in [-0.15, -0.1) is 0 Å². The number of ketones is 1. The van der Waals surface area contributed by atoms with E-state index in [1.807, 2.05) is 72.8 Å². The predicted molar refractivity (Wildman–Crippen MR) is 158 cm³/mol. The van der Waals surface area contributed by atoms with E-state index in [2.05, 4.69) is 9.80 Å². The van der Waals surface area contributed by atoms with E-state index in [9.17, 15) is 19.5 Å². The Labute approximate surface area is 245 Å². The van der Waals surface area contributed by atoms with Gasteiger partial charge in [0.1, 0.15) is 11.5 Å². The maximum absolute atomic E-state index is 14.2. The summed E-state index contributed by atoms with van der Waals surface area (Å²) in [7, 11) is 1.67. The van der Waals surface area contributed by atoms with Crippen molar-refractivity contribution in [3.05, 3.63) is 95.1 Å². The van der Waals surface area contributed by atoms with Crippen molar-refractivity contribution in [2.45, 2.75) is 24.4 Å². The SMILES string of the molecule is COc1ccccc1N1CCN(C[C@H](O)CN2C(=O)[C@H]3C4c5ccccc5C(C(C)=O)(c5ccccc54)[C@H]3C2=O)CC1. The van der Waals surface area contributed by atoms with Crippen LogP contribution in [0.1, 0.15) is 35.1 Å². The fraction of sp³-hybridized carbons (Fsp3) is 0.382. The number of piperazine rings is 1. The lowest BCUT2D eigenvalue weighted by atomic mass is 9.46. The van der Waals surface area contributed by atoms with Crippen LogP contribution in [0.3, 0.4) is 0 Å². The molecule has 3 aliphatic carbocycles. The van der Waals surface area contributed by atoms with Gasteiger partial charge in [0.05, 0.1) is 42.7 Å². The Hall–Kier alpha value is -4.01. The second kappa shape index (κ2) is 10.1. The van der Waals surface area contributed by atoms with E-state index < -0.39 is 23.4 Å². The molecule has 8 heteroatoms. The van der Waals surface area contributed by atoms with Crippen LogP contribution >= 0.6 is 0 Å². The summed E-state index contributed by atoms with van der Waals surface area (Å²) >= 11 is 0. The molecule has 42 heavy (non-hydrogen) atoms. The zero-order valence-corrected chi connectivity index (χ0v) is 23.9. The van der Waals surface area contributed by atoms with Crippen molar-refractivity contribution >= 4 is 23.3 Å². The van der Waals surface area contributed by atoms with Gasteiger partial charge in [-0.1, -0.05) is 60.7 Å². The van der Waals surface area contributed by atoms with Crippen LogP contribution in [-0.2, 0) is 19.8 Å². The third-order valence-electron chi connectivity index (χ3n) is 9.93. The number of benzene rings is 3. The maximum Gasteiger partial charge on any atom is 0.234 e. The smallest absolute Gasteiger partial charge is 0.234 e. The van der Waals surface area contributed by atoms with Crippen molar-refractivity contribution < 1.29 is 24.2 Å². The molecule has 3 aromatic rings. The molecular weight excluding hydrogens is 530 g/mol. The number of β-amino-alcohol motifs (C(OH)–C–C–N with tert-alkyl or cyclic N) is 1. The number of imide groups is 1. The molecule has 3 aromatic carbocycles. The van der Waals surface area contributed by atoms with E-state index in [1.165, 1.54) is 11.8 Å². The van der Waals surface area contributed by atoms with Crippen molar-refractivity contribution in [2.24, 2.45) is 11.8 Å². The number of ether oxygens (including phenoxy) is 1. The lowest BCUT2D eigenvalue weighted by Crippen LogP contribution is -2.57. The first kappa shape index (κ1) is 26.9. The summed E-state index contributed by atoms with van der Waals surface area (Å²) in [6.45, 7) is 4.84. The number of carbonyl (C=O) groups is 3. The molecule has 5 aliphatic rings. The number of hydrogen-bond acceptors (Lipinski definition) is 7. The molecule has 2 aliphatic heterocycles. The van der Waals surface area contributed by atoms with Crippen LogP contribution in [0.4, 0.5) is 5.69 Å². The van der Waals surface area contributed by atoms with Crippen molar-refractivity contribution in [3.8, 4) is 5.75 Å².